The highest BCUT2D eigenvalue weighted by molar-refractivity contribution is 7.80. The van der Waals surface area contributed by atoms with Crippen LogP contribution >= 0.6 is 23.8 Å². The molecule has 28 heavy (non-hydrogen) atoms. The summed E-state index contributed by atoms with van der Waals surface area (Å²) in [5.41, 5.74) is 2.24. The van der Waals surface area contributed by atoms with Crippen LogP contribution in [0.5, 0.6) is 0 Å². The van der Waals surface area contributed by atoms with Crippen molar-refractivity contribution in [2.45, 2.75) is 0 Å². The van der Waals surface area contributed by atoms with E-state index in [0.717, 1.165) is 0 Å². The molecule has 4 rings (SSSR count). The molecule has 0 aromatic heterocycles. The lowest BCUT2D eigenvalue weighted by molar-refractivity contribution is 0.0979. The van der Waals surface area contributed by atoms with Crippen LogP contribution in [0.1, 0.15) is 31.8 Å². The maximum atomic E-state index is 13.3. The maximum Gasteiger partial charge on any atom is 0.196 e. The molecule has 0 saturated heterocycles. The van der Waals surface area contributed by atoms with Crippen molar-refractivity contribution < 1.29 is 14.0 Å². The van der Waals surface area contributed by atoms with Gasteiger partial charge in [-0.1, -0.05) is 48.0 Å². The number of ketones is 2. The average Bonchev–Trinajstić information content (AvgIpc) is 2.69. The normalized spacial score (nSPS) is 12.2. The number of halogens is 2. The molecule has 0 fully saturated rings. The molecule has 2 N–H and O–H groups in total. The Balaban J connectivity index is 1.65. The zero-order valence-corrected chi connectivity index (χ0v) is 15.8. The Kier molecular flexibility index (Phi) is 4.66. The molecule has 7 heteroatoms. The summed E-state index contributed by atoms with van der Waals surface area (Å²) in [6, 6.07) is 15.8. The van der Waals surface area contributed by atoms with Crippen molar-refractivity contribution in [1.82, 2.24) is 0 Å². The first-order valence-corrected chi connectivity index (χ1v) is 9.09. The topological polar surface area (TPSA) is 58.2 Å². The minimum absolute atomic E-state index is 0.0396. The van der Waals surface area contributed by atoms with Gasteiger partial charge < -0.3 is 10.6 Å². The summed E-state index contributed by atoms with van der Waals surface area (Å²) in [5, 5.41) is 5.96. The van der Waals surface area contributed by atoms with Crippen molar-refractivity contribution in [1.29, 1.82) is 0 Å². The zero-order valence-electron chi connectivity index (χ0n) is 14.3. The second kappa shape index (κ2) is 7.14. The number of carbonyl (C=O) groups is 2. The second-order valence-corrected chi connectivity index (χ2v) is 6.96. The van der Waals surface area contributed by atoms with E-state index in [1.54, 1.807) is 42.5 Å². The van der Waals surface area contributed by atoms with E-state index in [-0.39, 0.29) is 27.3 Å². The van der Waals surface area contributed by atoms with Crippen LogP contribution < -0.4 is 10.6 Å². The molecule has 0 atom stereocenters. The quantitative estimate of drug-likeness (QED) is 0.452. The Morgan fingerprint density at radius 2 is 1.54 bits per heavy atom. The van der Waals surface area contributed by atoms with Gasteiger partial charge in [0.2, 0.25) is 0 Å². The summed E-state index contributed by atoms with van der Waals surface area (Å²) < 4.78 is 13.3. The van der Waals surface area contributed by atoms with E-state index >= 15 is 0 Å². The summed E-state index contributed by atoms with van der Waals surface area (Å²) in [6.45, 7) is 0. The zero-order chi connectivity index (χ0) is 19.8. The summed E-state index contributed by atoms with van der Waals surface area (Å²) in [4.78, 5) is 25.8. The minimum atomic E-state index is -0.536. The van der Waals surface area contributed by atoms with E-state index in [4.69, 9.17) is 23.8 Å². The van der Waals surface area contributed by atoms with Crippen LogP contribution in [0.3, 0.4) is 0 Å². The fourth-order valence-electron chi connectivity index (χ4n) is 3.11. The van der Waals surface area contributed by atoms with Crippen LogP contribution in [0, 0.1) is 5.82 Å². The molecule has 138 valence electrons. The summed E-state index contributed by atoms with van der Waals surface area (Å²) >= 11 is 11.1. The summed E-state index contributed by atoms with van der Waals surface area (Å²) in [7, 11) is 0. The molecule has 0 radical (unpaired) electrons. The molecule has 4 nitrogen and oxygen atoms in total. The van der Waals surface area contributed by atoms with Gasteiger partial charge in [-0.15, -0.1) is 0 Å². The molecular formula is C21H12ClFN2O2S. The smallest absolute Gasteiger partial charge is 0.196 e. The molecule has 3 aromatic carbocycles. The highest BCUT2D eigenvalue weighted by Crippen LogP contribution is 2.32. The average molecular weight is 411 g/mol. The highest BCUT2D eigenvalue weighted by atomic mass is 35.5. The van der Waals surface area contributed by atoms with Crippen molar-refractivity contribution in [3.05, 3.63) is 93.8 Å². The summed E-state index contributed by atoms with van der Waals surface area (Å²) in [6.07, 6.45) is 0. The Labute approximate surface area is 170 Å². The van der Waals surface area contributed by atoms with Gasteiger partial charge in [0.05, 0.1) is 16.3 Å². The number of benzene rings is 3. The molecule has 1 aliphatic rings. The van der Waals surface area contributed by atoms with Gasteiger partial charge in [0.25, 0.3) is 0 Å². The van der Waals surface area contributed by atoms with Crippen LogP contribution in [0.25, 0.3) is 0 Å². The third kappa shape index (κ3) is 3.17. The Hall–Kier alpha value is -3.09. The largest absolute Gasteiger partial charge is 0.332 e. The molecule has 0 bridgehead atoms. The fourth-order valence-corrected chi connectivity index (χ4v) is 3.52. The predicted molar refractivity (Wildman–Crippen MR) is 111 cm³/mol. The number of carbonyl (C=O) groups excluding carboxylic acids is 2. The number of anilines is 2. The van der Waals surface area contributed by atoms with Crippen molar-refractivity contribution in [3.63, 3.8) is 0 Å². The van der Waals surface area contributed by atoms with Crippen LogP contribution in [0.15, 0.2) is 60.7 Å². The first kappa shape index (κ1) is 18.3. The number of hydrogen-bond acceptors (Lipinski definition) is 3. The Morgan fingerprint density at radius 1 is 0.857 bits per heavy atom. The van der Waals surface area contributed by atoms with E-state index in [9.17, 15) is 14.0 Å². The molecule has 3 aromatic rings. The van der Waals surface area contributed by atoms with Gasteiger partial charge in [-0.2, -0.15) is 0 Å². The monoisotopic (exact) mass is 410 g/mol. The van der Waals surface area contributed by atoms with Gasteiger partial charge >= 0.3 is 0 Å². The second-order valence-electron chi connectivity index (χ2n) is 6.14. The van der Waals surface area contributed by atoms with E-state index < -0.39 is 5.82 Å². The van der Waals surface area contributed by atoms with Crippen LogP contribution in [0.4, 0.5) is 15.8 Å². The molecule has 1 aliphatic carbocycles. The first-order valence-electron chi connectivity index (χ1n) is 8.30. The SMILES string of the molecule is O=C1c2ccccc2C(=O)c2c(NC(=S)Nc3ccc(F)c(Cl)c3)cccc21. The van der Waals surface area contributed by atoms with E-state index in [2.05, 4.69) is 10.6 Å². The third-order valence-electron chi connectivity index (χ3n) is 4.38. The van der Waals surface area contributed by atoms with E-state index in [1.165, 1.54) is 18.2 Å². The van der Waals surface area contributed by atoms with Crippen molar-refractivity contribution >= 4 is 51.9 Å². The van der Waals surface area contributed by atoms with Gasteiger partial charge in [-0.25, -0.2) is 4.39 Å². The van der Waals surface area contributed by atoms with Crippen molar-refractivity contribution in [3.8, 4) is 0 Å². The number of thiocarbonyl (C=S) groups is 1. The molecular weight excluding hydrogens is 399 g/mol. The molecule has 0 heterocycles. The number of hydrogen-bond donors (Lipinski definition) is 2. The Bertz CT molecular complexity index is 1160. The number of rotatable bonds is 2. The van der Waals surface area contributed by atoms with Crippen molar-refractivity contribution in [2.75, 3.05) is 10.6 Å². The molecule has 0 unspecified atom stereocenters. The lowest BCUT2D eigenvalue weighted by Gasteiger charge is -2.21. The van der Waals surface area contributed by atoms with Crippen LogP contribution in [-0.2, 0) is 0 Å². The summed E-state index contributed by atoms with van der Waals surface area (Å²) in [5.74, 6) is -0.995. The van der Waals surface area contributed by atoms with Gasteiger partial charge in [0.15, 0.2) is 16.7 Å². The third-order valence-corrected chi connectivity index (χ3v) is 4.87. The van der Waals surface area contributed by atoms with E-state index in [0.29, 0.717) is 28.1 Å². The minimum Gasteiger partial charge on any atom is -0.332 e. The highest BCUT2D eigenvalue weighted by Gasteiger charge is 2.31. The predicted octanol–water partition coefficient (Wildman–Crippen LogP) is 5.06. The molecule has 0 amide bonds. The van der Waals surface area contributed by atoms with Gasteiger partial charge in [-0.3, -0.25) is 9.59 Å². The van der Waals surface area contributed by atoms with Gasteiger partial charge in [-0.05, 0) is 36.5 Å². The maximum absolute atomic E-state index is 13.3. The lowest BCUT2D eigenvalue weighted by Crippen LogP contribution is -2.25. The number of fused-ring (bicyclic) bond motifs is 2. The number of nitrogens with one attached hydrogen (secondary N) is 2. The van der Waals surface area contributed by atoms with Gasteiger partial charge in [0.1, 0.15) is 5.82 Å². The van der Waals surface area contributed by atoms with E-state index in [1.807, 2.05) is 0 Å². The fraction of sp³-hybridized carbons (Fsp3) is 0. The Morgan fingerprint density at radius 3 is 2.25 bits per heavy atom. The van der Waals surface area contributed by atoms with Crippen LogP contribution in [-0.4, -0.2) is 16.7 Å². The first-order chi connectivity index (χ1) is 13.5. The molecule has 0 saturated carbocycles. The molecule has 0 spiro atoms. The lowest BCUT2D eigenvalue weighted by atomic mass is 9.83. The van der Waals surface area contributed by atoms with Crippen molar-refractivity contribution in [2.24, 2.45) is 0 Å². The van der Waals surface area contributed by atoms with Gasteiger partial charge in [0, 0.05) is 22.4 Å². The van der Waals surface area contributed by atoms with Crippen LogP contribution in [0.2, 0.25) is 5.02 Å². The standard InChI is InChI=1S/C21H12ClFN2O2S/c22-15-10-11(8-9-16(15)23)24-21(28)25-17-7-3-6-14-18(17)20(27)13-5-2-1-4-12(13)19(14)26/h1-10H,(H2,24,25,28). The molecule has 0 aliphatic heterocycles.